The summed E-state index contributed by atoms with van der Waals surface area (Å²) in [7, 11) is 1.74. The average molecular weight is 534 g/mol. The number of anilines is 1. The van der Waals surface area contributed by atoms with Crippen LogP contribution in [0.25, 0.3) is 33.2 Å². The number of benzene rings is 3. The third-order valence-electron chi connectivity index (χ3n) is 6.15. The first-order chi connectivity index (χ1) is 17.1. The topological polar surface area (TPSA) is 85.8 Å². The molecule has 0 spiro atoms. The van der Waals surface area contributed by atoms with Gasteiger partial charge in [0.05, 0.1) is 11.3 Å². The number of hydrogen-bond donors (Lipinski definition) is 2. The first kappa shape index (κ1) is 27.9. The SMILES string of the molecule is Cl.Cl.Cn1c(NC[C@@H](N)Cc2ccccc2)nc(-c2ccncc2)c(-c2ccc3ccccc3c2)c1=O. The van der Waals surface area contributed by atoms with Crippen LogP contribution in [0.15, 0.2) is 102 Å². The van der Waals surface area contributed by atoms with Gasteiger partial charge in [0.2, 0.25) is 5.95 Å². The first-order valence-electron chi connectivity index (χ1n) is 11.6. The van der Waals surface area contributed by atoms with Crippen LogP contribution >= 0.6 is 24.8 Å². The Bertz CT molecular complexity index is 1520. The van der Waals surface area contributed by atoms with E-state index in [0.717, 1.165) is 28.3 Å². The van der Waals surface area contributed by atoms with E-state index in [0.29, 0.717) is 23.8 Å². The molecule has 0 amide bonds. The van der Waals surface area contributed by atoms with Crippen molar-refractivity contribution < 1.29 is 0 Å². The number of nitrogens with one attached hydrogen (secondary N) is 1. The van der Waals surface area contributed by atoms with Crippen molar-refractivity contribution in [3.8, 4) is 22.4 Å². The minimum absolute atomic E-state index is 0. The smallest absolute Gasteiger partial charge is 0.263 e. The Hall–Kier alpha value is -3.71. The van der Waals surface area contributed by atoms with E-state index in [4.69, 9.17) is 10.7 Å². The fraction of sp³-hybridized carbons (Fsp3) is 0.138. The van der Waals surface area contributed by atoms with Crippen LogP contribution in [0.5, 0.6) is 0 Å². The Morgan fingerprint density at radius 2 is 1.54 bits per heavy atom. The Balaban J connectivity index is 0.00000190. The molecule has 0 aliphatic rings. The summed E-state index contributed by atoms with van der Waals surface area (Å²) in [6, 6.07) is 27.9. The van der Waals surface area contributed by atoms with Gasteiger partial charge >= 0.3 is 0 Å². The molecule has 0 aliphatic carbocycles. The monoisotopic (exact) mass is 533 g/mol. The molecule has 37 heavy (non-hydrogen) atoms. The van der Waals surface area contributed by atoms with Gasteiger partial charge in [0.1, 0.15) is 0 Å². The van der Waals surface area contributed by atoms with Crippen molar-refractivity contribution in [1.82, 2.24) is 14.5 Å². The molecule has 0 radical (unpaired) electrons. The van der Waals surface area contributed by atoms with Crippen molar-refractivity contribution in [3.05, 3.63) is 113 Å². The van der Waals surface area contributed by atoms with Gasteiger partial charge in [-0.25, -0.2) is 4.98 Å². The highest BCUT2D eigenvalue weighted by atomic mass is 35.5. The molecule has 0 saturated carbocycles. The van der Waals surface area contributed by atoms with Gasteiger partial charge in [0.25, 0.3) is 5.56 Å². The van der Waals surface area contributed by atoms with Crippen LogP contribution in [-0.2, 0) is 13.5 Å². The van der Waals surface area contributed by atoms with E-state index < -0.39 is 0 Å². The maximum absolute atomic E-state index is 13.7. The highest BCUT2D eigenvalue weighted by molar-refractivity contribution is 5.90. The number of hydrogen-bond acceptors (Lipinski definition) is 5. The lowest BCUT2D eigenvalue weighted by Crippen LogP contribution is -2.34. The molecule has 3 aromatic carbocycles. The number of fused-ring (bicyclic) bond motifs is 1. The van der Waals surface area contributed by atoms with Crippen molar-refractivity contribution in [2.45, 2.75) is 12.5 Å². The number of aromatic nitrogens is 3. The van der Waals surface area contributed by atoms with Crippen LogP contribution in [-0.4, -0.2) is 27.1 Å². The largest absolute Gasteiger partial charge is 0.354 e. The summed E-state index contributed by atoms with van der Waals surface area (Å²) in [4.78, 5) is 22.7. The molecule has 0 unspecified atom stereocenters. The van der Waals surface area contributed by atoms with Crippen molar-refractivity contribution >= 4 is 41.5 Å². The van der Waals surface area contributed by atoms with Gasteiger partial charge in [0.15, 0.2) is 0 Å². The lowest BCUT2D eigenvalue weighted by atomic mass is 9.98. The molecule has 6 nitrogen and oxygen atoms in total. The summed E-state index contributed by atoms with van der Waals surface area (Å²) >= 11 is 0. The fourth-order valence-corrected chi connectivity index (χ4v) is 4.30. The Labute approximate surface area is 228 Å². The molecule has 1 atom stereocenters. The lowest BCUT2D eigenvalue weighted by molar-refractivity contribution is 0.688. The fourth-order valence-electron chi connectivity index (χ4n) is 4.30. The maximum atomic E-state index is 13.7. The second-order valence-electron chi connectivity index (χ2n) is 8.65. The third-order valence-corrected chi connectivity index (χ3v) is 6.15. The van der Waals surface area contributed by atoms with Crippen LogP contribution < -0.4 is 16.6 Å². The molecular formula is C29H29Cl2N5O. The first-order valence-corrected chi connectivity index (χ1v) is 11.6. The summed E-state index contributed by atoms with van der Waals surface area (Å²) < 4.78 is 1.56. The number of nitrogens with two attached hydrogens (primary N) is 1. The normalized spacial score (nSPS) is 11.3. The second kappa shape index (κ2) is 12.5. The summed E-state index contributed by atoms with van der Waals surface area (Å²) in [6.07, 6.45) is 4.15. The molecule has 8 heteroatoms. The van der Waals surface area contributed by atoms with Crippen LogP contribution in [0.1, 0.15) is 5.56 Å². The highest BCUT2D eigenvalue weighted by Gasteiger charge is 2.19. The van der Waals surface area contributed by atoms with Crippen molar-refractivity contribution in [1.29, 1.82) is 0 Å². The van der Waals surface area contributed by atoms with Crippen LogP contribution in [0.4, 0.5) is 5.95 Å². The summed E-state index contributed by atoms with van der Waals surface area (Å²) in [5.41, 5.74) is 10.3. The minimum Gasteiger partial charge on any atom is -0.354 e. The third kappa shape index (κ3) is 6.17. The summed E-state index contributed by atoms with van der Waals surface area (Å²) in [5, 5.41) is 5.50. The standard InChI is InChI=1S/C29H27N5O.2ClH/c1-34-28(35)26(24-12-11-21-9-5-6-10-23(21)18-24)27(22-13-15-31-16-14-22)33-29(34)32-19-25(30)17-20-7-3-2-4-8-20;;/h2-16,18,25H,17,19,30H2,1H3,(H,32,33);2*1H/t25-;;/m0../s1. The maximum Gasteiger partial charge on any atom is 0.263 e. The van der Waals surface area contributed by atoms with Gasteiger partial charge in [-0.3, -0.25) is 14.3 Å². The van der Waals surface area contributed by atoms with E-state index in [1.807, 2.05) is 66.7 Å². The van der Waals surface area contributed by atoms with E-state index in [1.165, 1.54) is 5.56 Å². The predicted molar refractivity (Wildman–Crippen MR) is 157 cm³/mol. The molecule has 0 saturated heterocycles. The van der Waals surface area contributed by atoms with Gasteiger partial charge in [-0.15, -0.1) is 24.8 Å². The van der Waals surface area contributed by atoms with Gasteiger partial charge in [-0.1, -0.05) is 66.7 Å². The second-order valence-corrected chi connectivity index (χ2v) is 8.65. The molecule has 0 fully saturated rings. The molecular weight excluding hydrogens is 505 g/mol. The zero-order valence-electron chi connectivity index (χ0n) is 20.4. The van der Waals surface area contributed by atoms with E-state index >= 15 is 0 Å². The highest BCUT2D eigenvalue weighted by Crippen LogP contribution is 2.30. The Morgan fingerprint density at radius 1 is 0.865 bits per heavy atom. The van der Waals surface area contributed by atoms with Gasteiger partial charge in [-0.2, -0.15) is 0 Å². The number of pyridine rings is 1. The van der Waals surface area contributed by atoms with Gasteiger partial charge < -0.3 is 11.1 Å². The summed E-state index contributed by atoms with van der Waals surface area (Å²) in [5.74, 6) is 0.481. The van der Waals surface area contributed by atoms with Gasteiger partial charge in [-0.05, 0) is 46.5 Å². The number of nitrogens with zero attached hydrogens (tertiary/aromatic N) is 3. The van der Waals surface area contributed by atoms with Crippen LogP contribution in [0.3, 0.4) is 0 Å². The quantitative estimate of drug-likeness (QED) is 0.289. The van der Waals surface area contributed by atoms with E-state index in [-0.39, 0.29) is 36.4 Å². The average Bonchev–Trinajstić information content (AvgIpc) is 2.90. The molecule has 2 heterocycles. The lowest BCUT2D eigenvalue weighted by Gasteiger charge is -2.18. The minimum atomic E-state index is -0.126. The van der Waals surface area contributed by atoms with Crippen molar-refractivity contribution in [2.24, 2.45) is 12.8 Å². The zero-order valence-corrected chi connectivity index (χ0v) is 22.0. The van der Waals surface area contributed by atoms with Crippen LogP contribution in [0, 0.1) is 0 Å². The number of halogens is 2. The zero-order chi connectivity index (χ0) is 24.2. The van der Waals surface area contributed by atoms with E-state index in [2.05, 4.69) is 28.5 Å². The van der Waals surface area contributed by atoms with Crippen LogP contribution in [0.2, 0.25) is 0 Å². The summed E-state index contributed by atoms with van der Waals surface area (Å²) in [6.45, 7) is 0.486. The predicted octanol–water partition coefficient (Wildman–Crippen LogP) is 5.49. The Kier molecular flexibility index (Phi) is 9.42. The van der Waals surface area contributed by atoms with Crippen molar-refractivity contribution in [3.63, 3.8) is 0 Å². The molecule has 190 valence electrons. The molecule has 5 aromatic rings. The van der Waals surface area contributed by atoms with E-state index in [9.17, 15) is 4.79 Å². The molecule has 0 bridgehead atoms. The van der Waals surface area contributed by atoms with Gasteiger partial charge in [0, 0.05) is 37.6 Å². The van der Waals surface area contributed by atoms with Crippen molar-refractivity contribution in [2.75, 3.05) is 11.9 Å². The molecule has 5 rings (SSSR count). The molecule has 3 N–H and O–H groups in total. The Morgan fingerprint density at radius 3 is 2.27 bits per heavy atom. The molecule has 0 aliphatic heterocycles. The number of rotatable bonds is 7. The van der Waals surface area contributed by atoms with E-state index in [1.54, 1.807) is 24.0 Å². The molecule has 2 aromatic heterocycles.